The Morgan fingerprint density at radius 1 is 1.41 bits per heavy atom. The Balaban J connectivity index is 1.59. The Morgan fingerprint density at radius 2 is 2.32 bits per heavy atom. The quantitative estimate of drug-likeness (QED) is 0.851. The van der Waals surface area contributed by atoms with Crippen LogP contribution in [0.1, 0.15) is 43.1 Å². The molecule has 2 aromatic rings. The van der Waals surface area contributed by atoms with Gasteiger partial charge in [-0.2, -0.15) is 0 Å². The minimum absolute atomic E-state index is 0.248. The highest BCUT2D eigenvalue weighted by molar-refractivity contribution is 7.09. The van der Waals surface area contributed by atoms with E-state index in [0.29, 0.717) is 12.5 Å². The van der Waals surface area contributed by atoms with Crippen molar-refractivity contribution in [3.63, 3.8) is 0 Å². The molecule has 1 unspecified atom stereocenters. The van der Waals surface area contributed by atoms with Gasteiger partial charge in [-0.05, 0) is 12.8 Å². The van der Waals surface area contributed by atoms with Crippen molar-refractivity contribution in [3.05, 3.63) is 34.8 Å². The molecule has 0 saturated carbocycles. The van der Waals surface area contributed by atoms with Crippen LogP contribution < -0.4 is 0 Å². The third-order valence-electron chi connectivity index (χ3n) is 4.24. The van der Waals surface area contributed by atoms with Gasteiger partial charge in [0.25, 0.3) is 0 Å². The summed E-state index contributed by atoms with van der Waals surface area (Å²) < 4.78 is 2.25. The SMILES string of the molecule is CCc1nccn1C1CCCN(C(=O)CCc2nccs2)C1. The van der Waals surface area contributed by atoms with Crippen LogP contribution in [0.5, 0.6) is 0 Å². The second kappa shape index (κ2) is 7.05. The molecule has 1 saturated heterocycles. The fraction of sp³-hybridized carbons (Fsp3) is 0.562. The number of piperidine rings is 1. The second-order valence-electron chi connectivity index (χ2n) is 5.67. The van der Waals surface area contributed by atoms with Gasteiger partial charge in [0.1, 0.15) is 5.82 Å². The average molecular weight is 318 g/mol. The number of rotatable bonds is 5. The van der Waals surface area contributed by atoms with Gasteiger partial charge in [0.05, 0.1) is 11.0 Å². The van der Waals surface area contributed by atoms with Crippen LogP contribution >= 0.6 is 11.3 Å². The molecule has 0 aliphatic carbocycles. The summed E-state index contributed by atoms with van der Waals surface area (Å²) in [5.74, 6) is 1.36. The van der Waals surface area contributed by atoms with Crippen molar-refractivity contribution in [2.75, 3.05) is 13.1 Å². The van der Waals surface area contributed by atoms with Crippen LogP contribution in [0.25, 0.3) is 0 Å². The zero-order valence-corrected chi connectivity index (χ0v) is 13.8. The largest absolute Gasteiger partial charge is 0.341 e. The van der Waals surface area contributed by atoms with Gasteiger partial charge < -0.3 is 9.47 Å². The number of likely N-dealkylation sites (tertiary alicyclic amines) is 1. The number of imidazole rings is 1. The van der Waals surface area contributed by atoms with Gasteiger partial charge in [-0.15, -0.1) is 11.3 Å². The van der Waals surface area contributed by atoms with Crippen LogP contribution in [0.15, 0.2) is 24.0 Å². The monoisotopic (exact) mass is 318 g/mol. The van der Waals surface area contributed by atoms with Crippen molar-refractivity contribution in [1.82, 2.24) is 19.4 Å². The van der Waals surface area contributed by atoms with Crippen molar-refractivity contribution in [2.45, 2.75) is 45.1 Å². The summed E-state index contributed by atoms with van der Waals surface area (Å²) in [4.78, 5) is 23.1. The molecule has 0 spiro atoms. The Bertz CT molecular complexity index is 607. The van der Waals surface area contributed by atoms with Crippen LogP contribution in [0.4, 0.5) is 0 Å². The number of thiazole rings is 1. The fourth-order valence-corrected chi connectivity index (χ4v) is 3.73. The molecular weight excluding hydrogens is 296 g/mol. The first-order valence-electron chi connectivity index (χ1n) is 7.95. The molecule has 1 atom stereocenters. The Kier molecular flexibility index (Phi) is 4.87. The van der Waals surface area contributed by atoms with Crippen LogP contribution in [0.2, 0.25) is 0 Å². The average Bonchev–Trinajstić information content (AvgIpc) is 3.23. The zero-order valence-electron chi connectivity index (χ0n) is 12.9. The molecule has 5 nitrogen and oxygen atoms in total. The van der Waals surface area contributed by atoms with E-state index in [9.17, 15) is 4.79 Å². The summed E-state index contributed by atoms with van der Waals surface area (Å²) in [6.07, 6.45) is 10.1. The van der Waals surface area contributed by atoms with Crippen molar-refractivity contribution in [2.24, 2.45) is 0 Å². The molecule has 1 aliphatic rings. The number of amides is 1. The smallest absolute Gasteiger partial charge is 0.223 e. The minimum Gasteiger partial charge on any atom is -0.341 e. The number of hydrogen-bond donors (Lipinski definition) is 0. The lowest BCUT2D eigenvalue weighted by atomic mass is 10.0. The van der Waals surface area contributed by atoms with E-state index in [1.165, 1.54) is 0 Å². The summed E-state index contributed by atoms with van der Waals surface area (Å²) >= 11 is 1.62. The number of hydrogen-bond acceptors (Lipinski definition) is 4. The second-order valence-corrected chi connectivity index (χ2v) is 6.65. The van der Waals surface area contributed by atoms with Crippen molar-refractivity contribution in [3.8, 4) is 0 Å². The maximum atomic E-state index is 12.4. The molecule has 1 fully saturated rings. The Labute approximate surface area is 135 Å². The molecule has 6 heteroatoms. The fourth-order valence-electron chi connectivity index (χ4n) is 3.11. The molecule has 0 bridgehead atoms. The molecule has 1 aliphatic heterocycles. The highest BCUT2D eigenvalue weighted by Crippen LogP contribution is 2.23. The first-order chi connectivity index (χ1) is 10.8. The van der Waals surface area contributed by atoms with Crippen molar-refractivity contribution < 1.29 is 4.79 Å². The maximum Gasteiger partial charge on any atom is 0.223 e. The van der Waals surface area contributed by atoms with E-state index < -0.39 is 0 Å². The van der Waals surface area contributed by atoms with E-state index in [1.54, 1.807) is 17.5 Å². The van der Waals surface area contributed by atoms with Crippen LogP contribution in [0, 0.1) is 0 Å². The van der Waals surface area contributed by atoms with Gasteiger partial charge in [-0.25, -0.2) is 9.97 Å². The molecule has 3 rings (SSSR count). The van der Waals surface area contributed by atoms with Crippen LogP contribution in [0.3, 0.4) is 0 Å². The van der Waals surface area contributed by atoms with E-state index >= 15 is 0 Å². The van der Waals surface area contributed by atoms with Crippen molar-refractivity contribution in [1.29, 1.82) is 0 Å². The predicted octanol–water partition coefficient (Wildman–Crippen LogP) is 2.70. The normalized spacial score (nSPS) is 18.6. The van der Waals surface area contributed by atoms with E-state index in [0.717, 1.165) is 49.6 Å². The lowest BCUT2D eigenvalue weighted by molar-refractivity contribution is -0.132. The van der Waals surface area contributed by atoms with Gasteiger partial charge in [0.15, 0.2) is 0 Å². The Morgan fingerprint density at radius 3 is 3.09 bits per heavy atom. The third-order valence-corrected chi connectivity index (χ3v) is 5.08. The van der Waals surface area contributed by atoms with Gasteiger partial charge in [-0.3, -0.25) is 4.79 Å². The van der Waals surface area contributed by atoms with Crippen molar-refractivity contribution >= 4 is 17.2 Å². The Hall–Kier alpha value is -1.69. The summed E-state index contributed by atoms with van der Waals surface area (Å²) in [6, 6.07) is 0.370. The van der Waals surface area contributed by atoms with Gasteiger partial charge >= 0.3 is 0 Å². The number of carbonyl (C=O) groups excluding carboxylic acids is 1. The highest BCUT2D eigenvalue weighted by atomic mass is 32.1. The molecule has 0 N–H and O–H groups in total. The summed E-state index contributed by atoms with van der Waals surface area (Å²) in [5.41, 5.74) is 0. The minimum atomic E-state index is 0.248. The molecule has 1 amide bonds. The molecule has 3 heterocycles. The lowest BCUT2D eigenvalue weighted by Crippen LogP contribution is -2.41. The van der Waals surface area contributed by atoms with Crippen LogP contribution in [-0.4, -0.2) is 38.4 Å². The van der Waals surface area contributed by atoms with Gasteiger partial charge in [-0.1, -0.05) is 6.92 Å². The molecule has 0 radical (unpaired) electrons. The molecule has 2 aromatic heterocycles. The predicted molar refractivity (Wildman–Crippen MR) is 86.9 cm³/mol. The zero-order chi connectivity index (χ0) is 15.4. The molecule has 22 heavy (non-hydrogen) atoms. The van der Waals surface area contributed by atoms with E-state index in [1.807, 2.05) is 22.7 Å². The standard InChI is InChI=1S/C16H22N4OS/c1-2-14-17-7-10-20(14)13-4-3-9-19(12-13)16(21)6-5-15-18-8-11-22-15/h7-8,10-11,13H,2-6,9,12H2,1H3. The molecule has 118 valence electrons. The summed E-state index contributed by atoms with van der Waals surface area (Å²) in [6.45, 7) is 3.81. The first-order valence-corrected chi connectivity index (χ1v) is 8.83. The molecule has 0 aromatic carbocycles. The van der Waals surface area contributed by atoms with E-state index in [-0.39, 0.29) is 5.91 Å². The highest BCUT2D eigenvalue weighted by Gasteiger charge is 2.25. The van der Waals surface area contributed by atoms with E-state index in [2.05, 4.69) is 21.5 Å². The van der Waals surface area contributed by atoms with Gasteiger partial charge in [0, 0.05) is 56.3 Å². The van der Waals surface area contributed by atoms with E-state index in [4.69, 9.17) is 0 Å². The molecular formula is C16H22N4OS. The lowest BCUT2D eigenvalue weighted by Gasteiger charge is -2.34. The topological polar surface area (TPSA) is 51.0 Å². The van der Waals surface area contributed by atoms with Crippen LogP contribution in [-0.2, 0) is 17.6 Å². The number of aromatic nitrogens is 3. The number of aryl methyl sites for hydroxylation is 2. The number of carbonyl (C=O) groups is 1. The van der Waals surface area contributed by atoms with Gasteiger partial charge in [0.2, 0.25) is 5.91 Å². The third kappa shape index (κ3) is 3.38. The maximum absolute atomic E-state index is 12.4. The summed E-state index contributed by atoms with van der Waals surface area (Å²) in [7, 11) is 0. The number of nitrogens with zero attached hydrogens (tertiary/aromatic N) is 4. The summed E-state index contributed by atoms with van der Waals surface area (Å²) in [5, 5.41) is 3.01. The first kappa shape index (κ1) is 15.2.